The van der Waals surface area contributed by atoms with Crippen molar-refractivity contribution in [2.45, 2.75) is 32.4 Å². The molecule has 1 aromatic heterocycles. The minimum Gasteiger partial charge on any atom is -0.389 e. The number of piperazine rings is 1. The average Bonchev–Trinajstić information content (AvgIpc) is 2.39. The van der Waals surface area contributed by atoms with E-state index in [4.69, 9.17) is 11.6 Å². The third kappa shape index (κ3) is 3.96. The molecule has 0 aliphatic carbocycles. The fourth-order valence-corrected chi connectivity index (χ4v) is 2.95. The zero-order valence-corrected chi connectivity index (χ0v) is 13.9. The van der Waals surface area contributed by atoms with Gasteiger partial charge >= 0.3 is 0 Å². The number of nitrogens with one attached hydrogen (secondary N) is 1. The van der Waals surface area contributed by atoms with E-state index in [0.29, 0.717) is 17.7 Å². The Morgan fingerprint density at radius 3 is 2.71 bits per heavy atom. The second-order valence-electron chi connectivity index (χ2n) is 6.19. The van der Waals surface area contributed by atoms with E-state index in [1.54, 1.807) is 0 Å². The molecule has 1 aliphatic heterocycles. The SMILES string of the molecule is CNc1c(Cl)ncnc1N1CCN(CC(C)(C)O)C(C)C1. The monoisotopic (exact) mass is 313 g/mol. The molecular formula is C14H24ClN5O. The van der Waals surface area contributed by atoms with Crippen molar-refractivity contribution in [2.24, 2.45) is 0 Å². The average molecular weight is 314 g/mol. The standard InChI is InChI=1S/C14H24ClN5O/c1-10-7-19(5-6-20(10)8-14(2,3)21)13-11(16-4)12(15)17-9-18-13/h9-10,16,21H,5-8H2,1-4H3. The lowest BCUT2D eigenvalue weighted by molar-refractivity contribution is 0.0200. The number of aromatic nitrogens is 2. The van der Waals surface area contributed by atoms with Crippen molar-refractivity contribution in [1.82, 2.24) is 14.9 Å². The van der Waals surface area contributed by atoms with Crippen LogP contribution in [0.4, 0.5) is 11.5 Å². The first-order valence-electron chi connectivity index (χ1n) is 7.21. The van der Waals surface area contributed by atoms with Crippen LogP contribution in [0.3, 0.4) is 0 Å². The summed E-state index contributed by atoms with van der Waals surface area (Å²) in [5.41, 5.74) is 0.0902. The van der Waals surface area contributed by atoms with Gasteiger partial charge in [-0.2, -0.15) is 0 Å². The third-order valence-electron chi connectivity index (χ3n) is 3.69. The van der Waals surface area contributed by atoms with Crippen LogP contribution in [-0.4, -0.2) is 64.8 Å². The van der Waals surface area contributed by atoms with Crippen LogP contribution in [0.15, 0.2) is 6.33 Å². The molecule has 0 spiro atoms. The van der Waals surface area contributed by atoms with Gasteiger partial charge in [0.15, 0.2) is 11.0 Å². The Balaban J connectivity index is 2.11. The molecule has 1 unspecified atom stereocenters. The van der Waals surface area contributed by atoms with Crippen LogP contribution < -0.4 is 10.2 Å². The summed E-state index contributed by atoms with van der Waals surface area (Å²) in [6.07, 6.45) is 1.49. The van der Waals surface area contributed by atoms with Gasteiger partial charge < -0.3 is 15.3 Å². The largest absolute Gasteiger partial charge is 0.389 e. The van der Waals surface area contributed by atoms with E-state index in [1.165, 1.54) is 6.33 Å². The molecule has 0 radical (unpaired) electrons. The summed E-state index contributed by atoms with van der Waals surface area (Å²) >= 11 is 6.12. The number of β-amino-alcohol motifs (C(OH)–C–C–N with tert-alkyl or cyclic N) is 1. The summed E-state index contributed by atoms with van der Waals surface area (Å²) in [5.74, 6) is 0.840. The normalized spacial score (nSPS) is 20.7. The first-order valence-corrected chi connectivity index (χ1v) is 7.59. The fourth-order valence-electron chi connectivity index (χ4n) is 2.73. The lowest BCUT2D eigenvalue weighted by atomic mass is 10.1. The Kier molecular flexibility index (Phi) is 4.91. The predicted octanol–water partition coefficient (Wildman–Crippen LogP) is 1.45. The quantitative estimate of drug-likeness (QED) is 0.820. The van der Waals surface area contributed by atoms with E-state index < -0.39 is 5.60 Å². The van der Waals surface area contributed by atoms with Crippen LogP contribution >= 0.6 is 11.6 Å². The molecular weight excluding hydrogens is 290 g/mol. The Bertz CT molecular complexity index is 491. The van der Waals surface area contributed by atoms with Crippen molar-refractivity contribution in [3.05, 3.63) is 11.5 Å². The van der Waals surface area contributed by atoms with E-state index in [1.807, 2.05) is 20.9 Å². The molecule has 2 heterocycles. The van der Waals surface area contributed by atoms with Gasteiger partial charge in [0.2, 0.25) is 0 Å². The topological polar surface area (TPSA) is 64.5 Å². The molecule has 2 N–H and O–H groups in total. The smallest absolute Gasteiger partial charge is 0.157 e. The molecule has 1 aliphatic rings. The second kappa shape index (κ2) is 6.34. The number of anilines is 2. The molecule has 6 nitrogen and oxygen atoms in total. The number of rotatable bonds is 4. The highest BCUT2D eigenvalue weighted by Gasteiger charge is 2.29. The summed E-state index contributed by atoms with van der Waals surface area (Å²) in [6.45, 7) is 9.10. The van der Waals surface area contributed by atoms with Crippen LogP contribution in [0.1, 0.15) is 20.8 Å². The van der Waals surface area contributed by atoms with E-state index in [9.17, 15) is 5.11 Å². The Morgan fingerprint density at radius 1 is 1.43 bits per heavy atom. The van der Waals surface area contributed by atoms with Gasteiger partial charge in [0.05, 0.1) is 5.60 Å². The van der Waals surface area contributed by atoms with E-state index >= 15 is 0 Å². The first kappa shape index (κ1) is 16.3. The minimum atomic E-state index is -0.676. The predicted molar refractivity (Wildman–Crippen MR) is 86.1 cm³/mol. The van der Waals surface area contributed by atoms with E-state index in [0.717, 1.165) is 31.1 Å². The highest BCUT2D eigenvalue weighted by atomic mass is 35.5. The van der Waals surface area contributed by atoms with Crippen molar-refractivity contribution in [2.75, 3.05) is 43.4 Å². The lowest BCUT2D eigenvalue weighted by Crippen LogP contribution is -2.55. The van der Waals surface area contributed by atoms with E-state index in [-0.39, 0.29) is 0 Å². The molecule has 7 heteroatoms. The number of halogens is 1. The molecule has 0 bridgehead atoms. The first-order chi connectivity index (χ1) is 9.81. The highest BCUT2D eigenvalue weighted by molar-refractivity contribution is 6.32. The molecule has 1 aromatic rings. The van der Waals surface area contributed by atoms with Crippen molar-refractivity contribution in [3.63, 3.8) is 0 Å². The van der Waals surface area contributed by atoms with Crippen molar-refractivity contribution >= 4 is 23.1 Å². The zero-order chi connectivity index (χ0) is 15.6. The van der Waals surface area contributed by atoms with Gasteiger partial charge in [-0.05, 0) is 20.8 Å². The maximum Gasteiger partial charge on any atom is 0.157 e. The molecule has 21 heavy (non-hydrogen) atoms. The summed E-state index contributed by atoms with van der Waals surface area (Å²) in [6, 6.07) is 0.337. The summed E-state index contributed by atoms with van der Waals surface area (Å²) < 4.78 is 0. The number of hydrogen-bond acceptors (Lipinski definition) is 6. The highest BCUT2D eigenvalue weighted by Crippen LogP contribution is 2.30. The van der Waals surface area contributed by atoms with Gasteiger partial charge in [0.1, 0.15) is 12.0 Å². The Hall–Kier alpha value is -1.11. The Morgan fingerprint density at radius 2 is 2.14 bits per heavy atom. The minimum absolute atomic E-state index is 0.337. The molecule has 0 saturated carbocycles. The van der Waals surface area contributed by atoms with E-state index in [2.05, 4.69) is 32.0 Å². The van der Waals surface area contributed by atoms with Crippen molar-refractivity contribution in [3.8, 4) is 0 Å². The summed E-state index contributed by atoms with van der Waals surface area (Å²) in [7, 11) is 1.82. The van der Waals surface area contributed by atoms with Gasteiger partial charge in [-0.3, -0.25) is 4.90 Å². The molecule has 0 amide bonds. The summed E-state index contributed by atoms with van der Waals surface area (Å²) in [4.78, 5) is 12.9. The molecule has 1 saturated heterocycles. The molecule has 118 valence electrons. The molecule has 1 atom stereocenters. The second-order valence-corrected chi connectivity index (χ2v) is 6.55. The maximum absolute atomic E-state index is 9.99. The third-order valence-corrected chi connectivity index (χ3v) is 3.97. The van der Waals surface area contributed by atoms with Crippen LogP contribution in [0, 0.1) is 0 Å². The van der Waals surface area contributed by atoms with Crippen molar-refractivity contribution < 1.29 is 5.11 Å². The van der Waals surface area contributed by atoms with Crippen LogP contribution in [0.25, 0.3) is 0 Å². The van der Waals surface area contributed by atoms with Gasteiger partial charge in [-0.1, -0.05) is 11.6 Å². The molecule has 1 fully saturated rings. The molecule has 0 aromatic carbocycles. The van der Waals surface area contributed by atoms with Gasteiger partial charge in [0.25, 0.3) is 0 Å². The van der Waals surface area contributed by atoms with Crippen molar-refractivity contribution in [1.29, 1.82) is 0 Å². The lowest BCUT2D eigenvalue weighted by Gasteiger charge is -2.42. The van der Waals surface area contributed by atoms with Gasteiger partial charge in [-0.15, -0.1) is 0 Å². The van der Waals surface area contributed by atoms with Crippen LogP contribution in [0.2, 0.25) is 5.15 Å². The number of aliphatic hydroxyl groups is 1. The Labute approximate surface area is 131 Å². The van der Waals surface area contributed by atoms with Gasteiger partial charge in [-0.25, -0.2) is 9.97 Å². The fraction of sp³-hybridized carbons (Fsp3) is 0.714. The van der Waals surface area contributed by atoms with Gasteiger partial charge in [0, 0.05) is 39.3 Å². The maximum atomic E-state index is 9.99. The number of nitrogens with zero attached hydrogens (tertiary/aromatic N) is 4. The van der Waals surface area contributed by atoms with Crippen LogP contribution in [-0.2, 0) is 0 Å². The molecule has 2 rings (SSSR count). The number of hydrogen-bond donors (Lipinski definition) is 2. The van der Waals surface area contributed by atoms with Crippen LogP contribution in [0.5, 0.6) is 0 Å². The zero-order valence-electron chi connectivity index (χ0n) is 13.1. The summed E-state index contributed by atoms with van der Waals surface area (Å²) in [5, 5.41) is 13.5.